The second-order valence-corrected chi connectivity index (χ2v) is 4.95. The van der Waals surface area contributed by atoms with E-state index in [4.69, 9.17) is 9.47 Å². The van der Waals surface area contributed by atoms with Crippen molar-refractivity contribution >= 4 is 0 Å². The Bertz CT molecular complexity index is 367. The molecular formula is C15H24N2O2. The molecule has 1 heterocycles. The number of hydrogen-bond donors (Lipinski definition) is 1. The second kappa shape index (κ2) is 7.36. The second-order valence-electron chi connectivity index (χ2n) is 4.95. The minimum atomic E-state index is 0.634. The van der Waals surface area contributed by atoms with Crippen LogP contribution in [0.3, 0.4) is 0 Å². The molecule has 1 aromatic carbocycles. The lowest BCUT2D eigenvalue weighted by molar-refractivity contribution is 0.175. The standard InChI is InChI=1S/C15H24N2O2/c1-13-7-8-16-9-10-17(13)11-12-19-15-5-3-14(18-2)4-6-15/h3-6,13,16H,7-12H2,1-2H3. The molecule has 1 fully saturated rings. The zero-order chi connectivity index (χ0) is 13.5. The van der Waals surface area contributed by atoms with E-state index < -0.39 is 0 Å². The maximum Gasteiger partial charge on any atom is 0.119 e. The van der Waals surface area contributed by atoms with Gasteiger partial charge in [0.25, 0.3) is 0 Å². The van der Waals surface area contributed by atoms with Gasteiger partial charge in [-0.1, -0.05) is 0 Å². The van der Waals surface area contributed by atoms with Gasteiger partial charge in [0.1, 0.15) is 18.1 Å². The van der Waals surface area contributed by atoms with Crippen molar-refractivity contribution in [3.8, 4) is 11.5 Å². The number of nitrogens with zero attached hydrogens (tertiary/aromatic N) is 1. The van der Waals surface area contributed by atoms with Crippen molar-refractivity contribution in [3.63, 3.8) is 0 Å². The molecule has 1 unspecified atom stereocenters. The van der Waals surface area contributed by atoms with E-state index in [0.29, 0.717) is 6.04 Å². The molecule has 0 amide bonds. The van der Waals surface area contributed by atoms with Crippen molar-refractivity contribution < 1.29 is 9.47 Å². The van der Waals surface area contributed by atoms with Crippen molar-refractivity contribution in [1.29, 1.82) is 0 Å². The third kappa shape index (κ3) is 4.40. The molecule has 1 aromatic rings. The summed E-state index contributed by atoms with van der Waals surface area (Å²) in [6, 6.07) is 8.38. The summed E-state index contributed by atoms with van der Waals surface area (Å²) in [6.45, 7) is 7.31. The SMILES string of the molecule is COc1ccc(OCCN2CCNCCC2C)cc1. The zero-order valence-electron chi connectivity index (χ0n) is 11.9. The Hall–Kier alpha value is -1.26. The Morgan fingerprint density at radius 2 is 1.95 bits per heavy atom. The van der Waals surface area contributed by atoms with Gasteiger partial charge in [-0.2, -0.15) is 0 Å². The molecule has 0 saturated carbocycles. The summed E-state index contributed by atoms with van der Waals surface area (Å²) in [5.74, 6) is 1.76. The van der Waals surface area contributed by atoms with Gasteiger partial charge in [-0.25, -0.2) is 0 Å². The highest BCUT2D eigenvalue weighted by atomic mass is 16.5. The lowest BCUT2D eigenvalue weighted by Crippen LogP contribution is -2.37. The summed E-state index contributed by atoms with van der Waals surface area (Å²) >= 11 is 0. The molecule has 0 spiro atoms. The van der Waals surface area contributed by atoms with Crippen molar-refractivity contribution in [2.45, 2.75) is 19.4 Å². The molecule has 2 rings (SSSR count). The monoisotopic (exact) mass is 264 g/mol. The van der Waals surface area contributed by atoms with Gasteiger partial charge in [-0.05, 0) is 44.2 Å². The normalized spacial score (nSPS) is 20.8. The molecule has 4 nitrogen and oxygen atoms in total. The van der Waals surface area contributed by atoms with E-state index in [1.54, 1.807) is 7.11 Å². The van der Waals surface area contributed by atoms with Crippen molar-refractivity contribution in [1.82, 2.24) is 10.2 Å². The number of hydrogen-bond acceptors (Lipinski definition) is 4. The number of benzene rings is 1. The van der Waals surface area contributed by atoms with Crippen LogP contribution >= 0.6 is 0 Å². The fourth-order valence-electron chi connectivity index (χ4n) is 2.35. The van der Waals surface area contributed by atoms with Gasteiger partial charge in [0.05, 0.1) is 7.11 Å². The summed E-state index contributed by atoms with van der Waals surface area (Å²) in [4.78, 5) is 2.49. The van der Waals surface area contributed by atoms with Crippen LogP contribution in [-0.2, 0) is 0 Å². The molecule has 19 heavy (non-hydrogen) atoms. The Balaban J connectivity index is 1.75. The van der Waals surface area contributed by atoms with Gasteiger partial charge in [-0.15, -0.1) is 0 Å². The molecule has 0 bridgehead atoms. The van der Waals surface area contributed by atoms with Gasteiger partial charge in [-0.3, -0.25) is 4.90 Å². The summed E-state index contributed by atoms with van der Waals surface area (Å²) < 4.78 is 10.9. The van der Waals surface area contributed by atoms with Crippen LogP contribution < -0.4 is 14.8 Å². The number of methoxy groups -OCH3 is 1. The lowest BCUT2D eigenvalue weighted by atomic mass is 10.2. The number of ether oxygens (including phenoxy) is 2. The van der Waals surface area contributed by atoms with Crippen LogP contribution in [0.4, 0.5) is 0 Å². The van der Waals surface area contributed by atoms with E-state index in [9.17, 15) is 0 Å². The van der Waals surface area contributed by atoms with Crippen molar-refractivity contribution in [2.75, 3.05) is 39.9 Å². The fraction of sp³-hybridized carbons (Fsp3) is 0.600. The number of rotatable bonds is 5. The van der Waals surface area contributed by atoms with Crippen LogP contribution in [0.5, 0.6) is 11.5 Å². The zero-order valence-corrected chi connectivity index (χ0v) is 11.9. The van der Waals surface area contributed by atoms with Gasteiger partial charge < -0.3 is 14.8 Å². The summed E-state index contributed by atoms with van der Waals surface area (Å²) in [7, 11) is 1.67. The highest BCUT2D eigenvalue weighted by molar-refractivity contribution is 5.31. The maximum atomic E-state index is 5.78. The number of nitrogens with one attached hydrogen (secondary N) is 1. The van der Waals surface area contributed by atoms with Crippen LogP contribution in [0.2, 0.25) is 0 Å². The molecular weight excluding hydrogens is 240 g/mol. The summed E-state index contributed by atoms with van der Waals surface area (Å²) in [6.07, 6.45) is 1.21. The first-order valence-corrected chi connectivity index (χ1v) is 7.01. The first kappa shape index (κ1) is 14.2. The van der Waals surface area contributed by atoms with E-state index in [-0.39, 0.29) is 0 Å². The summed E-state index contributed by atoms with van der Waals surface area (Å²) in [5, 5.41) is 3.43. The quantitative estimate of drug-likeness (QED) is 0.878. The Labute approximate surface area is 115 Å². The predicted molar refractivity (Wildman–Crippen MR) is 77.0 cm³/mol. The molecule has 1 atom stereocenters. The van der Waals surface area contributed by atoms with Crippen LogP contribution in [0.1, 0.15) is 13.3 Å². The van der Waals surface area contributed by atoms with Crippen LogP contribution in [0, 0.1) is 0 Å². The minimum absolute atomic E-state index is 0.634. The van der Waals surface area contributed by atoms with Gasteiger partial charge in [0, 0.05) is 25.7 Å². The Kier molecular flexibility index (Phi) is 5.48. The third-order valence-corrected chi connectivity index (χ3v) is 3.64. The van der Waals surface area contributed by atoms with Crippen LogP contribution in [0.25, 0.3) is 0 Å². The minimum Gasteiger partial charge on any atom is -0.497 e. The van der Waals surface area contributed by atoms with E-state index >= 15 is 0 Å². The molecule has 0 radical (unpaired) electrons. The Morgan fingerprint density at radius 1 is 1.21 bits per heavy atom. The molecule has 1 aliphatic heterocycles. The van der Waals surface area contributed by atoms with E-state index in [2.05, 4.69) is 17.1 Å². The van der Waals surface area contributed by atoms with Crippen molar-refractivity contribution in [2.24, 2.45) is 0 Å². The predicted octanol–water partition coefficient (Wildman–Crippen LogP) is 1.76. The molecule has 1 aliphatic rings. The highest BCUT2D eigenvalue weighted by Gasteiger charge is 2.15. The highest BCUT2D eigenvalue weighted by Crippen LogP contribution is 2.17. The van der Waals surface area contributed by atoms with Gasteiger partial charge in [0.2, 0.25) is 0 Å². The molecule has 106 valence electrons. The molecule has 0 aromatic heterocycles. The van der Waals surface area contributed by atoms with Crippen molar-refractivity contribution in [3.05, 3.63) is 24.3 Å². The first-order chi connectivity index (χ1) is 9.29. The van der Waals surface area contributed by atoms with Gasteiger partial charge >= 0.3 is 0 Å². The summed E-state index contributed by atoms with van der Waals surface area (Å²) in [5.41, 5.74) is 0. The molecule has 0 aliphatic carbocycles. The largest absolute Gasteiger partial charge is 0.497 e. The average molecular weight is 264 g/mol. The van der Waals surface area contributed by atoms with E-state index in [0.717, 1.165) is 44.3 Å². The fourth-order valence-corrected chi connectivity index (χ4v) is 2.35. The van der Waals surface area contributed by atoms with Gasteiger partial charge in [0.15, 0.2) is 0 Å². The van der Waals surface area contributed by atoms with Crippen LogP contribution in [0.15, 0.2) is 24.3 Å². The average Bonchev–Trinajstić information content (AvgIpc) is 2.65. The maximum absolute atomic E-state index is 5.78. The van der Waals surface area contributed by atoms with Crippen LogP contribution in [-0.4, -0.2) is 50.8 Å². The van der Waals surface area contributed by atoms with E-state index in [1.165, 1.54) is 6.42 Å². The molecule has 1 N–H and O–H groups in total. The topological polar surface area (TPSA) is 33.7 Å². The molecule has 4 heteroatoms. The Morgan fingerprint density at radius 3 is 2.68 bits per heavy atom. The lowest BCUT2D eigenvalue weighted by Gasteiger charge is -2.26. The first-order valence-electron chi connectivity index (χ1n) is 7.01. The van der Waals surface area contributed by atoms with E-state index in [1.807, 2.05) is 24.3 Å². The molecule has 1 saturated heterocycles. The smallest absolute Gasteiger partial charge is 0.119 e. The third-order valence-electron chi connectivity index (χ3n) is 3.64.